The number of hydrogen-bond donors (Lipinski definition) is 0. The number of benzene rings is 1. The van der Waals surface area contributed by atoms with Crippen molar-refractivity contribution in [3.63, 3.8) is 0 Å². The Bertz CT molecular complexity index is 400. The monoisotopic (exact) mass is 184 g/mol. The van der Waals surface area contributed by atoms with Crippen molar-refractivity contribution in [2.24, 2.45) is 0 Å². The van der Waals surface area contributed by atoms with E-state index in [0.29, 0.717) is 0 Å². The Morgan fingerprint density at radius 3 is 2.31 bits per heavy atom. The smallest absolute Gasteiger partial charge is 0.128 e. The van der Waals surface area contributed by atoms with E-state index in [1.807, 2.05) is 6.07 Å². The topological polar surface area (TPSA) is 0 Å². The molecule has 1 aromatic carbocycles. The molecule has 2 rings (SSSR count). The van der Waals surface area contributed by atoms with Gasteiger partial charge in [0.1, 0.15) is 7.85 Å². The summed E-state index contributed by atoms with van der Waals surface area (Å²) in [6, 6.07) is 10.5. The molecule has 0 nitrogen and oxygen atoms in total. The highest BCUT2D eigenvalue weighted by Crippen LogP contribution is 2.20. The predicted octanol–water partition coefficient (Wildman–Crippen LogP) is 2.52. The summed E-state index contributed by atoms with van der Waals surface area (Å²) < 4.78 is 0.871. The van der Waals surface area contributed by atoms with E-state index in [1.54, 1.807) is 11.3 Å². The van der Waals surface area contributed by atoms with E-state index in [0.717, 1.165) is 4.78 Å². The maximum absolute atomic E-state index is 5.66. The van der Waals surface area contributed by atoms with E-state index in [9.17, 15) is 0 Å². The maximum atomic E-state index is 5.66. The molecule has 0 amide bonds. The summed E-state index contributed by atoms with van der Waals surface area (Å²) in [7, 11) is 5.66. The van der Waals surface area contributed by atoms with Gasteiger partial charge < -0.3 is 0 Å². The van der Waals surface area contributed by atoms with Gasteiger partial charge in [-0.2, -0.15) is 11.3 Å². The van der Waals surface area contributed by atoms with Gasteiger partial charge in [-0.3, -0.25) is 0 Å². The van der Waals surface area contributed by atoms with Gasteiger partial charge in [0.2, 0.25) is 0 Å². The third-order valence-corrected chi connectivity index (χ3v) is 2.77. The van der Waals surface area contributed by atoms with Gasteiger partial charge in [-0.25, -0.2) is 0 Å². The summed E-state index contributed by atoms with van der Waals surface area (Å²) in [4.78, 5) is 0. The van der Waals surface area contributed by atoms with Crippen molar-refractivity contribution in [2.45, 2.75) is 6.92 Å². The van der Waals surface area contributed by atoms with Gasteiger partial charge >= 0.3 is 0 Å². The van der Waals surface area contributed by atoms with Gasteiger partial charge in [-0.15, -0.1) is 0 Å². The molecule has 1 aromatic heterocycles. The van der Waals surface area contributed by atoms with Gasteiger partial charge in [0.05, 0.1) is 0 Å². The minimum atomic E-state index is 0.871. The van der Waals surface area contributed by atoms with Crippen molar-refractivity contribution in [3.8, 4) is 11.1 Å². The zero-order chi connectivity index (χ0) is 9.26. The average molecular weight is 184 g/mol. The van der Waals surface area contributed by atoms with E-state index in [2.05, 4.69) is 36.6 Å². The molecule has 2 aromatic rings. The van der Waals surface area contributed by atoms with Crippen LogP contribution in [0.1, 0.15) is 5.56 Å². The third kappa shape index (κ3) is 1.83. The van der Waals surface area contributed by atoms with Crippen molar-refractivity contribution in [1.29, 1.82) is 0 Å². The number of hydrogen-bond acceptors (Lipinski definition) is 1. The second-order valence-corrected chi connectivity index (χ2v) is 4.05. The van der Waals surface area contributed by atoms with Crippen molar-refractivity contribution < 1.29 is 0 Å². The van der Waals surface area contributed by atoms with Crippen LogP contribution < -0.4 is 4.78 Å². The Hall–Kier alpha value is -1.02. The van der Waals surface area contributed by atoms with E-state index >= 15 is 0 Å². The zero-order valence-electron chi connectivity index (χ0n) is 7.45. The molecular formula is C11H9BS. The number of thiophene rings is 1. The van der Waals surface area contributed by atoms with Crippen molar-refractivity contribution in [2.75, 3.05) is 0 Å². The fourth-order valence-electron chi connectivity index (χ4n) is 1.25. The molecule has 0 bridgehead atoms. The number of rotatable bonds is 1. The minimum absolute atomic E-state index is 0.871. The van der Waals surface area contributed by atoms with Gasteiger partial charge in [0, 0.05) is 0 Å². The molecule has 0 saturated carbocycles. The molecule has 0 fully saturated rings. The Balaban J connectivity index is 2.41. The zero-order valence-corrected chi connectivity index (χ0v) is 8.27. The first-order valence-electron chi connectivity index (χ1n) is 4.17. The van der Waals surface area contributed by atoms with E-state index in [-0.39, 0.29) is 0 Å². The first-order chi connectivity index (χ1) is 6.25. The molecular weight excluding hydrogens is 175 g/mol. The molecule has 0 atom stereocenters. The maximum Gasteiger partial charge on any atom is 0.128 e. The van der Waals surface area contributed by atoms with Crippen LogP contribution in [0.3, 0.4) is 0 Å². The Labute approximate surface area is 83.6 Å². The first-order valence-corrected chi connectivity index (χ1v) is 5.05. The van der Waals surface area contributed by atoms with Crippen molar-refractivity contribution in [3.05, 3.63) is 41.3 Å². The van der Waals surface area contributed by atoms with Gasteiger partial charge in [0.15, 0.2) is 0 Å². The van der Waals surface area contributed by atoms with E-state index in [4.69, 9.17) is 7.85 Å². The Morgan fingerprint density at radius 2 is 1.77 bits per heavy atom. The largest absolute Gasteiger partial charge is 0.160 e. The van der Waals surface area contributed by atoms with Crippen LogP contribution in [0.2, 0.25) is 0 Å². The highest BCUT2D eigenvalue weighted by atomic mass is 32.1. The second-order valence-electron chi connectivity index (χ2n) is 3.10. The summed E-state index contributed by atoms with van der Waals surface area (Å²) in [5, 5.41) is 2.08. The fraction of sp³-hybridized carbons (Fsp3) is 0.0909. The molecule has 0 aliphatic rings. The van der Waals surface area contributed by atoms with Gasteiger partial charge in [-0.1, -0.05) is 35.9 Å². The average Bonchev–Trinajstić information content (AvgIpc) is 2.53. The molecule has 0 saturated heterocycles. The lowest BCUT2D eigenvalue weighted by atomic mass is 10.0. The number of aryl methyl sites for hydroxylation is 1. The highest BCUT2D eigenvalue weighted by Gasteiger charge is 1.98. The molecule has 0 aliphatic heterocycles. The fourth-order valence-corrected chi connectivity index (χ4v) is 1.91. The normalized spacial score (nSPS) is 10.2. The summed E-state index contributed by atoms with van der Waals surface area (Å²) in [6.45, 7) is 2.09. The highest BCUT2D eigenvalue weighted by molar-refractivity contribution is 7.18. The van der Waals surface area contributed by atoms with Crippen LogP contribution in [0.25, 0.3) is 11.1 Å². The van der Waals surface area contributed by atoms with Crippen LogP contribution in [-0.4, -0.2) is 7.85 Å². The lowest BCUT2D eigenvalue weighted by Gasteiger charge is -1.97. The minimum Gasteiger partial charge on any atom is -0.160 e. The third-order valence-electron chi connectivity index (χ3n) is 2.00. The lowest BCUT2D eigenvalue weighted by molar-refractivity contribution is 1.47. The molecule has 0 spiro atoms. The van der Waals surface area contributed by atoms with Crippen LogP contribution in [0.15, 0.2) is 35.7 Å². The standard InChI is InChI=1S/C11H9BS/c1-8-2-4-9(5-3-8)10-6-11(12)13-7-10/h2-7H,1H3. The van der Waals surface area contributed by atoms with Gasteiger partial charge in [0.25, 0.3) is 0 Å². The van der Waals surface area contributed by atoms with Crippen LogP contribution >= 0.6 is 11.3 Å². The van der Waals surface area contributed by atoms with Crippen LogP contribution in [-0.2, 0) is 0 Å². The van der Waals surface area contributed by atoms with Crippen LogP contribution in [0.5, 0.6) is 0 Å². The SMILES string of the molecule is [B]c1cc(-c2ccc(C)cc2)cs1. The van der Waals surface area contributed by atoms with Crippen LogP contribution in [0, 0.1) is 6.92 Å². The van der Waals surface area contributed by atoms with Crippen molar-refractivity contribution in [1.82, 2.24) is 0 Å². The first kappa shape index (κ1) is 8.58. The summed E-state index contributed by atoms with van der Waals surface area (Å²) in [5.41, 5.74) is 3.73. The summed E-state index contributed by atoms with van der Waals surface area (Å²) >= 11 is 1.58. The molecule has 13 heavy (non-hydrogen) atoms. The predicted molar refractivity (Wildman–Crippen MR) is 59.9 cm³/mol. The van der Waals surface area contributed by atoms with Crippen molar-refractivity contribution >= 4 is 24.0 Å². The van der Waals surface area contributed by atoms with E-state index in [1.165, 1.54) is 16.7 Å². The Kier molecular flexibility index (Phi) is 2.23. The Morgan fingerprint density at radius 1 is 1.08 bits per heavy atom. The van der Waals surface area contributed by atoms with Gasteiger partial charge in [-0.05, 0) is 28.2 Å². The molecule has 0 unspecified atom stereocenters. The second kappa shape index (κ2) is 3.39. The summed E-state index contributed by atoms with van der Waals surface area (Å²) in [6.07, 6.45) is 0. The summed E-state index contributed by atoms with van der Waals surface area (Å²) in [5.74, 6) is 0. The molecule has 2 radical (unpaired) electrons. The molecule has 62 valence electrons. The molecule has 0 N–H and O–H groups in total. The molecule has 0 aliphatic carbocycles. The van der Waals surface area contributed by atoms with Crippen LogP contribution in [0.4, 0.5) is 0 Å². The molecule has 2 heteroatoms. The molecule has 1 heterocycles. The quantitative estimate of drug-likeness (QED) is 0.597. The lowest BCUT2D eigenvalue weighted by Crippen LogP contribution is -1.89. The van der Waals surface area contributed by atoms with E-state index < -0.39 is 0 Å².